The van der Waals surface area contributed by atoms with Crippen LogP contribution in [0.2, 0.25) is 0 Å². The number of pyridine rings is 1. The molecule has 1 aromatic carbocycles. The van der Waals surface area contributed by atoms with Crippen LogP contribution in [-0.2, 0) is 0 Å². The van der Waals surface area contributed by atoms with E-state index in [2.05, 4.69) is 78.6 Å². The number of nitrogens with one attached hydrogen (secondary N) is 1. The molecule has 0 spiro atoms. The highest BCUT2D eigenvalue weighted by Crippen LogP contribution is 2.34. The number of rotatable bonds is 2. The molecule has 0 radical (unpaired) electrons. The lowest BCUT2D eigenvalue weighted by Gasteiger charge is -2.22. The summed E-state index contributed by atoms with van der Waals surface area (Å²) in [5.41, 5.74) is 5.48. The molecule has 0 fully saturated rings. The first-order chi connectivity index (χ1) is 10.8. The van der Waals surface area contributed by atoms with Gasteiger partial charge in [0, 0.05) is 21.8 Å². The first kappa shape index (κ1) is 16.1. The fraction of sp³-hybridized carbons (Fsp3) is 0.316. The van der Waals surface area contributed by atoms with Crippen molar-refractivity contribution in [2.24, 2.45) is 0 Å². The maximum atomic E-state index is 4.86. The topological polar surface area (TPSA) is 29.3 Å². The van der Waals surface area contributed by atoms with Gasteiger partial charge in [0.05, 0.1) is 0 Å². The molecule has 0 aliphatic carbocycles. The number of hydrogen-bond donors (Lipinski definition) is 1. The average Bonchev–Trinajstić information content (AvgIpc) is 2.81. The second-order valence-corrected chi connectivity index (χ2v) is 7.83. The Bertz CT molecular complexity index is 849. The number of nitrogens with zero attached hydrogens (tertiary/aromatic N) is 2. The largest absolute Gasteiger partial charge is 0.365 e. The lowest BCUT2D eigenvalue weighted by atomic mass is 10.0. The van der Waals surface area contributed by atoms with Gasteiger partial charge in [0.2, 0.25) is 0 Å². The number of benzene rings is 1. The smallest absolute Gasteiger partial charge is 0.139 e. The first-order valence-corrected chi connectivity index (χ1v) is 8.58. The van der Waals surface area contributed by atoms with Gasteiger partial charge >= 0.3 is 0 Å². The van der Waals surface area contributed by atoms with Crippen LogP contribution < -0.4 is 5.32 Å². The summed E-state index contributed by atoms with van der Waals surface area (Å²) in [4.78, 5) is 4.86. The van der Waals surface area contributed by atoms with Gasteiger partial charge in [0.25, 0.3) is 0 Å². The van der Waals surface area contributed by atoms with Crippen molar-refractivity contribution in [2.75, 3.05) is 5.32 Å². The van der Waals surface area contributed by atoms with E-state index in [1.54, 1.807) is 0 Å². The number of hydrogen-bond acceptors (Lipinski definition) is 2. The van der Waals surface area contributed by atoms with Crippen LogP contribution in [-0.4, -0.2) is 14.9 Å². The Kier molecular flexibility index (Phi) is 3.96. The number of aromatic nitrogens is 2. The molecule has 0 unspecified atom stereocenters. The Morgan fingerprint density at radius 3 is 2.35 bits per heavy atom. The minimum atomic E-state index is -0.0417. The Labute approximate surface area is 145 Å². The third-order valence-corrected chi connectivity index (χ3v) is 4.98. The minimum Gasteiger partial charge on any atom is -0.365 e. The van der Waals surface area contributed by atoms with Gasteiger partial charge in [-0.2, -0.15) is 0 Å². The van der Waals surface area contributed by atoms with Gasteiger partial charge in [-0.25, -0.2) is 4.98 Å². The van der Waals surface area contributed by atoms with Crippen molar-refractivity contribution in [1.29, 1.82) is 0 Å². The summed E-state index contributed by atoms with van der Waals surface area (Å²) < 4.78 is 3.28. The lowest BCUT2D eigenvalue weighted by molar-refractivity contribution is 0.629. The molecule has 0 atom stereocenters. The summed E-state index contributed by atoms with van der Waals surface area (Å²) in [7, 11) is 0. The molecule has 3 nitrogen and oxygen atoms in total. The van der Waals surface area contributed by atoms with Gasteiger partial charge in [-0.05, 0) is 70.0 Å². The maximum absolute atomic E-state index is 4.86. The predicted molar refractivity (Wildman–Crippen MR) is 101 cm³/mol. The lowest BCUT2D eigenvalue weighted by Crippen LogP contribution is -2.27. The van der Waals surface area contributed by atoms with E-state index < -0.39 is 0 Å². The summed E-state index contributed by atoms with van der Waals surface area (Å²) in [6.07, 6.45) is 2.05. The van der Waals surface area contributed by atoms with Crippen molar-refractivity contribution in [1.82, 2.24) is 9.38 Å². The minimum absolute atomic E-state index is 0.0417. The second kappa shape index (κ2) is 5.68. The Morgan fingerprint density at radius 2 is 1.74 bits per heavy atom. The van der Waals surface area contributed by atoms with Crippen LogP contribution in [0.15, 0.2) is 41.0 Å². The molecule has 2 aromatic heterocycles. The van der Waals surface area contributed by atoms with E-state index in [4.69, 9.17) is 4.98 Å². The first-order valence-electron chi connectivity index (χ1n) is 7.78. The van der Waals surface area contributed by atoms with E-state index in [0.29, 0.717) is 0 Å². The highest BCUT2D eigenvalue weighted by molar-refractivity contribution is 9.10. The summed E-state index contributed by atoms with van der Waals surface area (Å²) in [5.74, 6) is 1.04. The van der Waals surface area contributed by atoms with E-state index in [0.717, 1.165) is 27.2 Å². The third-order valence-electron chi connectivity index (χ3n) is 3.73. The number of aryl methyl sites for hydroxylation is 2. The van der Waals surface area contributed by atoms with E-state index in [9.17, 15) is 0 Å². The van der Waals surface area contributed by atoms with E-state index >= 15 is 0 Å². The van der Waals surface area contributed by atoms with Crippen molar-refractivity contribution in [3.05, 3.63) is 52.1 Å². The molecular formula is C19H22BrN3. The summed E-state index contributed by atoms with van der Waals surface area (Å²) in [6, 6.07) is 10.5. The summed E-state index contributed by atoms with van der Waals surface area (Å²) in [6.45, 7) is 10.7. The fourth-order valence-corrected chi connectivity index (χ4v) is 2.98. The molecule has 0 bridgehead atoms. The zero-order valence-electron chi connectivity index (χ0n) is 14.2. The molecule has 0 aliphatic rings. The SMILES string of the molecule is Cc1cc(-c2nc3ccccn3c2NC(C)(C)C)cc(C)c1Br. The Hall–Kier alpha value is -1.81. The summed E-state index contributed by atoms with van der Waals surface area (Å²) >= 11 is 3.65. The van der Waals surface area contributed by atoms with Gasteiger partial charge in [-0.15, -0.1) is 0 Å². The number of anilines is 1. The predicted octanol–water partition coefficient (Wildman–Crippen LogP) is 5.59. The molecule has 23 heavy (non-hydrogen) atoms. The molecule has 0 saturated heterocycles. The molecular weight excluding hydrogens is 350 g/mol. The van der Waals surface area contributed by atoms with Gasteiger partial charge in [0.15, 0.2) is 0 Å². The molecule has 120 valence electrons. The van der Waals surface area contributed by atoms with Gasteiger partial charge < -0.3 is 5.32 Å². The van der Waals surface area contributed by atoms with Crippen molar-refractivity contribution in [3.8, 4) is 11.3 Å². The van der Waals surface area contributed by atoms with Gasteiger partial charge in [0.1, 0.15) is 17.2 Å². The van der Waals surface area contributed by atoms with Crippen LogP contribution in [0, 0.1) is 13.8 Å². The number of imidazole rings is 1. The normalized spacial score (nSPS) is 11.9. The quantitative estimate of drug-likeness (QED) is 0.635. The van der Waals surface area contributed by atoms with Crippen molar-refractivity contribution < 1.29 is 0 Å². The average molecular weight is 372 g/mol. The molecule has 0 aliphatic heterocycles. The van der Waals surface area contributed by atoms with Crippen LogP contribution in [0.25, 0.3) is 16.9 Å². The Morgan fingerprint density at radius 1 is 1.09 bits per heavy atom. The van der Waals surface area contributed by atoms with Crippen LogP contribution in [0.3, 0.4) is 0 Å². The fourth-order valence-electron chi connectivity index (χ4n) is 2.75. The van der Waals surface area contributed by atoms with Crippen LogP contribution in [0.1, 0.15) is 31.9 Å². The Balaban J connectivity index is 2.26. The maximum Gasteiger partial charge on any atom is 0.139 e. The van der Waals surface area contributed by atoms with E-state index in [1.807, 2.05) is 18.2 Å². The van der Waals surface area contributed by atoms with Crippen LogP contribution >= 0.6 is 15.9 Å². The number of fused-ring (bicyclic) bond motifs is 1. The third kappa shape index (κ3) is 3.13. The molecule has 4 heteroatoms. The number of halogens is 1. The highest BCUT2D eigenvalue weighted by Gasteiger charge is 2.19. The highest BCUT2D eigenvalue weighted by atomic mass is 79.9. The standard InChI is InChI=1S/C19H22BrN3/c1-12-10-14(11-13(2)16(12)20)17-18(22-19(3,4)5)23-9-7-6-8-15(23)21-17/h6-11,22H,1-5H3. The molecule has 0 amide bonds. The summed E-state index contributed by atoms with van der Waals surface area (Å²) in [5, 5.41) is 3.61. The molecule has 3 aromatic rings. The molecule has 0 saturated carbocycles. The van der Waals surface area contributed by atoms with Crippen LogP contribution in [0.5, 0.6) is 0 Å². The monoisotopic (exact) mass is 371 g/mol. The molecule has 2 heterocycles. The zero-order valence-corrected chi connectivity index (χ0v) is 15.8. The van der Waals surface area contributed by atoms with Crippen molar-refractivity contribution in [3.63, 3.8) is 0 Å². The van der Waals surface area contributed by atoms with Crippen LogP contribution in [0.4, 0.5) is 5.82 Å². The van der Waals surface area contributed by atoms with Crippen molar-refractivity contribution >= 4 is 27.4 Å². The zero-order chi connectivity index (χ0) is 16.8. The molecule has 1 N–H and O–H groups in total. The van der Waals surface area contributed by atoms with Gasteiger partial charge in [-0.3, -0.25) is 4.40 Å². The second-order valence-electron chi connectivity index (χ2n) is 7.04. The van der Waals surface area contributed by atoms with E-state index in [1.165, 1.54) is 11.1 Å². The van der Waals surface area contributed by atoms with Crippen molar-refractivity contribution in [2.45, 2.75) is 40.2 Å². The molecule has 3 rings (SSSR count). The van der Waals surface area contributed by atoms with Gasteiger partial charge in [-0.1, -0.05) is 22.0 Å². The van der Waals surface area contributed by atoms with E-state index in [-0.39, 0.29) is 5.54 Å².